The van der Waals surface area contributed by atoms with E-state index in [0.717, 1.165) is 49.6 Å². The molecule has 1 aliphatic heterocycles. The predicted octanol–water partition coefficient (Wildman–Crippen LogP) is 2.95. The number of rotatable bonds is 5. The Kier molecular flexibility index (Phi) is 4.85. The van der Waals surface area contributed by atoms with Gasteiger partial charge in [-0.25, -0.2) is 4.98 Å². The summed E-state index contributed by atoms with van der Waals surface area (Å²) in [7, 11) is 0. The number of nitrogens with one attached hydrogen (secondary N) is 3. The second-order valence-electron chi connectivity index (χ2n) is 5.58. The molecule has 1 fully saturated rings. The van der Waals surface area contributed by atoms with E-state index in [-0.39, 0.29) is 0 Å². The van der Waals surface area contributed by atoms with Crippen LogP contribution in [0.15, 0.2) is 36.4 Å². The first-order chi connectivity index (χ1) is 10.8. The summed E-state index contributed by atoms with van der Waals surface area (Å²) in [5, 5.41) is 10.2. The Balaban J connectivity index is 1.76. The summed E-state index contributed by atoms with van der Waals surface area (Å²) in [4.78, 5) is 9.18. The van der Waals surface area contributed by atoms with Gasteiger partial charge < -0.3 is 16.0 Å². The molecule has 1 saturated heterocycles. The molecule has 1 aliphatic rings. The van der Waals surface area contributed by atoms with Gasteiger partial charge in [-0.1, -0.05) is 25.1 Å². The molecule has 0 atom stereocenters. The molecular weight excluding hydrogens is 274 g/mol. The van der Waals surface area contributed by atoms with Crippen LogP contribution in [-0.4, -0.2) is 29.1 Å². The van der Waals surface area contributed by atoms with Crippen LogP contribution in [0.2, 0.25) is 0 Å². The molecule has 0 saturated carbocycles. The van der Waals surface area contributed by atoms with Crippen molar-refractivity contribution in [3.8, 4) is 0 Å². The maximum absolute atomic E-state index is 4.62. The molecule has 0 radical (unpaired) electrons. The van der Waals surface area contributed by atoms with E-state index in [1.54, 1.807) is 0 Å². The molecule has 5 nitrogen and oxygen atoms in total. The summed E-state index contributed by atoms with van der Waals surface area (Å²) in [6.45, 7) is 4.25. The van der Waals surface area contributed by atoms with E-state index in [0.29, 0.717) is 12.0 Å². The summed E-state index contributed by atoms with van der Waals surface area (Å²) < 4.78 is 0. The third-order valence-electron chi connectivity index (χ3n) is 3.86. The number of anilines is 3. The lowest BCUT2D eigenvalue weighted by atomic mass is 10.1. The van der Waals surface area contributed by atoms with Gasteiger partial charge in [0.15, 0.2) is 0 Å². The quantitative estimate of drug-likeness (QED) is 0.792. The molecule has 3 N–H and O–H groups in total. The van der Waals surface area contributed by atoms with Crippen LogP contribution < -0.4 is 16.0 Å². The first-order valence-electron chi connectivity index (χ1n) is 8.01. The number of para-hydroxylation sites is 1. The molecule has 0 bridgehead atoms. The average molecular weight is 297 g/mol. The van der Waals surface area contributed by atoms with Crippen molar-refractivity contribution in [3.63, 3.8) is 0 Å². The minimum Gasteiger partial charge on any atom is -0.367 e. The molecule has 0 amide bonds. The number of piperidine rings is 1. The fraction of sp³-hybridized carbons (Fsp3) is 0.412. The van der Waals surface area contributed by atoms with Crippen LogP contribution in [-0.2, 0) is 6.42 Å². The Labute approximate surface area is 131 Å². The SMILES string of the molecule is CCc1cc(NC2CCNCC2)nc(Nc2ccccc2)n1. The maximum Gasteiger partial charge on any atom is 0.229 e. The number of nitrogens with zero attached hydrogens (tertiary/aromatic N) is 2. The molecule has 22 heavy (non-hydrogen) atoms. The highest BCUT2D eigenvalue weighted by Crippen LogP contribution is 2.18. The monoisotopic (exact) mass is 297 g/mol. The summed E-state index contributed by atoms with van der Waals surface area (Å²) in [5.74, 6) is 1.57. The Morgan fingerprint density at radius 1 is 1.14 bits per heavy atom. The lowest BCUT2D eigenvalue weighted by molar-refractivity contribution is 0.478. The molecule has 1 aromatic heterocycles. The normalized spacial score (nSPS) is 15.5. The molecular formula is C17H23N5. The highest BCUT2D eigenvalue weighted by Gasteiger charge is 2.14. The Morgan fingerprint density at radius 2 is 1.91 bits per heavy atom. The molecule has 3 rings (SSSR count). The van der Waals surface area contributed by atoms with Crippen molar-refractivity contribution in [2.24, 2.45) is 0 Å². The van der Waals surface area contributed by atoms with Crippen molar-refractivity contribution < 1.29 is 0 Å². The van der Waals surface area contributed by atoms with Gasteiger partial charge >= 0.3 is 0 Å². The second-order valence-corrected chi connectivity index (χ2v) is 5.58. The van der Waals surface area contributed by atoms with Crippen molar-refractivity contribution >= 4 is 17.5 Å². The topological polar surface area (TPSA) is 61.9 Å². The van der Waals surface area contributed by atoms with E-state index in [1.165, 1.54) is 0 Å². The molecule has 1 aromatic carbocycles. The van der Waals surface area contributed by atoms with Crippen LogP contribution in [0.25, 0.3) is 0 Å². The van der Waals surface area contributed by atoms with Gasteiger partial charge in [-0.2, -0.15) is 4.98 Å². The van der Waals surface area contributed by atoms with Crippen molar-refractivity contribution in [1.29, 1.82) is 0 Å². The van der Waals surface area contributed by atoms with Crippen LogP contribution in [0.5, 0.6) is 0 Å². The maximum atomic E-state index is 4.62. The fourth-order valence-corrected chi connectivity index (χ4v) is 2.63. The molecule has 2 aromatic rings. The third kappa shape index (κ3) is 3.95. The zero-order valence-corrected chi connectivity index (χ0v) is 13.0. The van der Waals surface area contributed by atoms with Gasteiger partial charge in [0, 0.05) is 23.5 Å². The van der Waals surface area contributed by atoms with E-state index >= 15 is 0 Å². The third-order valence-corrected chi connectivity index (χ3v) is 3.86. The molecule has 116 valence electrons. The van der Waals surface area contributed by atoms with E-state index in [9.17, 15) is 0 Å². The number of benzene rings is 1. The van der Waals surface area contributed by atoms with E-state index in [4.69, 9.17) is 0 Å². The van der Waals surface area contributed by atoms with Crippen LogP contribution in [0, 0.1) is 0 Å². The van der Waals surface area contributed by atoms with Gasteiger partial charge in [-0.15, -0.1) is 0 Å². The van der Waals surface area contributed by atoms with Crippen LogP contribution in [0.1, 0.15) is 25.5 Å². The minimum absolute atomic E-state index is 0.491. The van der Waals surface area contributed by atoms with Crippen molar-refractivity contribution in [3.05, 3.63) is 42.1 Å². The number of hydrogen-bond donors (Lipinski definition) is 3. The summed E-state index contributed by atoms with van der Waals surface area (Å²) in [6, 6.07) is 12.6. The zero-order valence-electron chi connectivity index (χ0n) is 13.0. The predicted molar refractivity (Wildman–Crippen MR) is 90.6 cm³/mol. The van der Waals surface area contributed by atoms with Gasteiger partial charge in [0.05, 0.1) is 0 Å². The average Bonchev–Trinajstić information content (AvgIpc) is 2.56. The second kappa shape index (κ2) is 7.22. The number of aromatic nitrogens is 2. The van der Waals surface area contributed by atoms with Gasteiger partial charge in [0.2, 0.25) is 5.95 Å². The number of aryl methyl sites for hydroxylation is 1. The molecule has 0 spiro atoms. The fourth-order valence-electron chi connectivity index (χ4n) is 2.63. The lowest BCUT2D eigenvalue weighted by Crippen LogP contribution is -2.35. The first-order valence-corrected chi connectivity index (χ1v) is 8.01. The highest BCUT2D eigenvalue weighted by atomic mass is 15.2. The van der Waals surface area contributed by atoms with E-state index < -0.39 is 0 Å². The van der Waals surface area contributed by atoms with Gasteiger partial charge in [-0.3, -0.25) is 0 Å². The Morgan fingerprint density at radius 3 is 2.64 bits per heavy atom. The van der Waals surface area contributed by atoms with Gasteiger partial charge in [-0.05, 0) is 44.5 Å². The smallest absolute Gasteiger partial charge is 0.229 e. The van der Waals surface area contributed by atoms with Crippen molar-refractivity contribution in [2.45, 2.75) is 32.2 Å². The van der Waals surface area contributed by atoms with Crippen LogP contribution >= 0.6 is 0 Å². The lowest BCUT2D eigenvalue weighted by Gasteiger charge is -2.24. The Hall–Kier alpha value is -2.14. The summed E-state index contributed by atoms with van der Waals surface area (Å²) in [5.41, 5.74) is 2.05. The Bertz CT molecular complexity index is 593. The first kappa shape index (κ1) is 14.8. The largest absolute Gasteiger partial charge is 0.367 e. The molecule has 2 heterocycles. The molecule has 0 unspecified atom stereocenters. The van der Waals surface area contributed by atoms with Gasteiger partial charge in [0.25, 0.3) is 0 Å². The molecule has 5 heteroatoms. The molecule has 0 aliphatic carbocycles. The zero-order chi connectivity index (χ0) is 15.2. The van der Waals surface area contributed by atoms with Crippen LogP contribution in [0.3, 0.4) is 0 Å². The van der Waals surface area contributed by atoms with Crippen molar-refractivity contribution in [2.75, 3.05) is 23.7 Å². The number of hydrogen-bond acceptors (Lipinski definition) is 5. The van der Waals surface area contributed by atoms with E-state index in [1.807, 2.05) is 30.3 Å². The van der Waals surface area contributed by atoms with Gasteiger partial charge in [0.1, 0.15) is 5.82 Å². The summed E-state index contributed by atoms with van der Waals surface area (Å²) >= 11 is 0. The van der Waals surface area contributed by atoms with Crippen LogP contribution in [0.4, 0.5) is 17.5 Å². The highest BCUT2D eigenvalue weighted by molar-refractivity contribution is 5.55. The van der Waals surface area contributed by atoms with E-state index in [2.05, 4.69) is 38.9 Å². The van der Waals surface area contributed by atoms with Crippen molar-refractivity contribution in [1.82, 2.24) is 15.3 Å². The summed E-state index contributed by atoms with van der Waals surface area (Å²) in [6.07, 6.45) is 3.16. The minimum atomic E-state index is 0.491. The standard InChI is InChI=1S/C17H23N5/c1-2-13-12-16(19-15-8-10-18-11-9-15)22-17(20-13)21-14-6-4-3-5-7-14/h3-7,12,15,18H,2,8-11H2,1H3,(H2,19,20,21,22).